The normalized spacial score (nSPS) is 13.3. The number of anilines is 2. The molecule has 6 nitrogen and oxygen atoms in total. The van der Waals surface area contributed by atoms with E-state index < -0.39 is 11.7 Å². The zero-order valence-corrected chi connectivity index (χ0v) is 16.6. The van der Waals surface area contributed by atoms with Crippen molar-refractivity contribution in [3.63, 3.8) is 0 Å². The summed E-state index contributed by atoms with van der Waals surface area (Å²) in [6, 6.07) is 16.6. The molecule has 0 spiro atoms. The number of carbonyl (C=O) groups is 1. The van der Waals surface area contributed by atoms with Gasteiger partial charge in [0.1, 0.15) is 11.6 Å². The Bertz CT molecular complexity index is 1300. The van der Waals surface area contributed by atoms with Gasteiger partial charge in [-0.3, -0.25) is 4.79 Å². The number of benzene rings is 2. The summed E-state index contributed by atoms with van der Waals surface area (Å²) in [7, 11) is 0. The average molecular weight is 414 g/mol. The molecule has 1 aliphatic carbocycles. The van der Waals surface area contributed by atoms with Crippen molar-refractivity contribution in [1.29, 1.82) is 0 Å². The number of hydrogen-bond acceptors (Lipinski definition) is 4. The van der Waals surface area contributed by atoms with Gasteiger partial charge in [0.15, 0.2) is 0 Å². The van der Waals surface area contributed by atoms with Crippen molar-refractivity contribution in [3.05, 3.63) is 94.4 Å². The highest BCUT2D eigenvalue weighted by atomic mass is 19.1. The van der Waals surface area contributed by atoms with Crippen molar-refractivity contribution in [2.45, 2.75) is 25.3 Å². The van der Waals surface area contributed by atoms with Gasteiger partial charge in [0, 0.05) is 35.6 Å². The molecule has 1 amide bonds. The van der Waals surface area contributed by atoms with Crippen LogP contribution < -0.4 is 5.32 Å². The summed E-state index contributed by atoms with van der Waals surface area (Å²) in [5, 5.41) is 6.25. The Hall–Kier alpha value is -3.87. The number of rotatable bonds is 6. The van der Waals surface area contributed by atoms with E-state index in [1.54, 1.807) is 18.3 Å². The van der Waals surface area contributed by atoms with E-state index in [1.807, 2.05) is 47.2 Å². The third-order valence-corrected chi connectivity index (χ3v) is 5.58. The van der Waals surface area contributed by atoms with Gasteiger partial charge >= 0.3 is 5.91 Å². The lowest BCUT2D eigenvalue weighted by Gasteiger charge is -2.12. The molecule has 0 atom stereocenters. The third-order valence-electron chi connectivity index (χ3n) is 5.58. The largest absolute Gasteiger partial charge is 0.343 e. The van der Waals surface area contributed by atoms with E-state index in [0.29, 0.717) is 12.5 Å². The van der Waals surface area contributed by atoms with Crippen molar-refractivity contribution in [3.8, 4) is 0 Å². The van der Waals surface area contributed by atoms with Crippen molar-refractivity contribution in [1.82, 2.24) is 9.55 Å². The number of amides is 1. The second-order valence-corrected chi connectivity index (χ2v) is 7.78. The van der Waals surface area contributed by atoms with Gasteiger partial charge in [0.25, 0.3) is 0 Å². The molecule has 7 heteroatoms. The second-order valence-electron chi connectivity index (χ2n) is 7.78. The fourth-order valence-corrected chi connectivity index (χ4v) is 3.79. The van der Waals surface area contributed by atoms with Crippen molar-refractivity contribution < 1.29 is 9.18 Å². The van der Waals surface area contributed by atoms with Gasteiger partial charge in [0.2, 0.25) is 0 Å². The van der Waals surface area contributed by atoms with E-state index in [4.69, 9.17) is 0 Å². The van der Waals surface area contributed by atoms with Gasteiger partial charge in [-0.05, 0) is 48.1 Å². The highest BCUT2D eigenvalue weighted by Crippen LogP contribution is 2.41. The van der Waals surface area contributed by atoms with Crippen LogP contribution in [0.2, 0.25) is 0 Å². The van der Waals surface area contributed by atoms with Gasteiger partial charge in [-0.25, -0.2) is 9.37 Å². The topological polar surface area (TPSA) is 76.3 Å². The summed E-state index contributed by atoms with van der Waals surface area (Å²) < 4.78 is 16.9. The highest BCUT2D eigenvalue weighted by Gasteiger charge is 2.26. The number of carbonyl (C=O) groups excluding carboxylic acids is 1. The fourth-order valence-electron chi connectivity index (χ4n) is 3.79. The minimum Gasteiger partial charge on any atom is -0.343 e. The molecule has 2 aromatic heterocycles. The SMILES string of the molecule is O=NC(=O)c1cc(C2CC2)cnc1Nc1cc2ccn(Cc3ccccc3)c2cc1F. The molecular weight excluding hydrogens is 395 g/mol. The summed E-state index contributed by atoms with van der Waals surface area (Å²) in [5.74, 6) is -0.924. The zero-order chi connectivity index (χ0) is 21.4. The Balaban J connectivity index is 1.48. The van der Waals surface area contributed by atoms with Crippen molar-refractivity contribution in [2.75, 3.05) is 5.32 Å². The van der Waals surface area contributed by atoms with E-state index in [1.165, 1.54) is 6.07 Å². The molecule has 2 aromatic carbocycles. The van der Waals surface area contributed by atoms with E-state index in [-0.39, 0.29) is 17.1 Å². The first-order valence-electron chi connectivity index (χ1n) is 10.1. The van der Waals surface area contributed by atoms with Crippen LogP contribution in [0, 0.1) is 10.7 Å². The molecule has 1 N–H and O–H groups in total. The number of aromatic nitrogens is 2. The van der Waals surface area contributed by atoms with E-state index in [9.17, 15) is 14.1 Å². The molecule has 4 aromatic rings. The van der Waals surface area contributed by atoms with Crippen LogP contribution >= 0.6 is 0 Å². The Labute approximate surface area is 177 Å². The summed E-state index contributed by atoms with van der Waals surface area (Å²) in [4.78, 5) is 27.2. The van der Waals surface area contributed by atoms with Gasteiger partial charge in [0.05, 0.1) is 16.8 Å². The summed E-state index contributed by atoms with van der Waals surface area (Å²) in [6.07, 6.45) is 5.63. The number of nitrogens with one attached hydrogen (secondary N) is 1. The predicted octanol–water partition coefficient (Wildman–Crippen LogP) is 5.75. The number of pyridine rings is 1. The quantitative estimate of drug-likeness (QED) is 0.408. The Morgan fingerprint density at radius 1 is 1.16 bits per heavy atom. The molecule has 1 aliphatic rings. The second kappa shape index (κ2) is 7.75. The van der Waals surface area contributed by atoms with Crippen molar-refractivity contribution in [2.24, 2.45) is 5.18 Å². The maximum atomic E-state index is 15.0. The third kappa shape index (κ3) is 3.82. The van der Waals surface area contributed by atoms with E-state index in [2.05, 4.69) is 15.5 Å². The minimum absolute atomic E-state index is 0.0561. The van der Waals surface area contributed by atoms with Gasteiger partial charge in [-0.2, -0.15) is 0 Å². The molecule has 5 rings (SSSR count). The van der Waals surface area contributed by atoms with Crippen LogP contribution in [-0.2, 0) is 6.54 Å². The van der Waals surface area contributed by atoms with Crippen LogP contribution in [0.4, 0.5) is 15.9 Å². The molecule has 0 unspecified atom stereocenters. The van der Waals surface area contributed by atoms with E-state index in [0.717, 1.165) is 34.9 Å². The summed E-state index contributed by atoms with van der Waals surface area (Å²) in [5.41, 5.74) is 3.01. The number of halogens is 1. The number of nitroso groups, excluding NO2 is 1. The van der Waals surface area contributed by atoms with Crippen molar-refractivity contribution >= 4 is 28.3 Å². The molecule has 1 fully saturated rings. The molecule has 2 heterocycles. The van der Waals surface area contributed by atoms with Crippen LogP contribution in [0.3, 0.4) is 0 Å². The van der Waals surface area contributed by atoms with Gasteiger partial charge < -0.3 is 9.88 Å². The first-order valence-corrected chi connectivity index (χ1v) is 10.1. The molecule has 0 radical (unpaired) electrons. The van der Waals surface area contributed by atoms with Crippen LogP contribution in [0.5, 0.6) is 0 Å². The first kappa shape index (κ1) is 19.1. The van der Waals surface area contributed by atoms with E-state index >= 15 is 0 Å². The monoisotopic (exact) mass is 414 g/mol. The van der Waals surface area contributed by atoms with Gasteiger partial charge in [-0.1, -0.05) is 30.3 Å². The Morgan fingerprint density at radius 2 is 1.97 bits per heavy atom. The standard InChI is InChI=1S/C24H19FN4O2/c25-20-12-22-17(8-9-29(22)14-15-4-2-1-3-5-15)11-21(20)27-23-19(24(30)28-31)10-18(13-26-23)16-6-7-16/h1-5,8-13,16H,6-7,14H2,(H,26,27). The first-order chi connectivity index (χ1) is 15.1. The van der Waals surface area contributed by atoms with Crippen LogP contribution in [0.15, 0.2) is 72.2 Å². The molecule has 0 bridgehead atoms. The average Bonchev–Trinajstić information content (AvgIpc) is 3.58. The lowest BCUT2D eigenvalue weighted by Crippen LogP contribution is -2.06. The number of hydrogen-bond donors (Lipinski definition) is 1. The molecule has 1 saturated carbocycles. The van der Waals surface area contributed by atoms with Crippen LogP contribution in [0.25, 0.3) is 10.9 Å². The number of nitrogens with zero attached hydrogens (tertiary/aromatic N) is 3. The smallest absolute Gasteiger partial charge is 0.320 e. The predicted molar refractivity (Wildman–Crippen MR) is 117 cm³/mol. The molecule has 154 valence electrons. The maximum Gasteiger partial charge on any atom is 0.320 e. The highest BCUT2D eigenvalue weighted by molar-refractivity contribution is 6.00. The summed E-state index contributed by atoms with van der Waals surface area (Å²) in [6.45, 7) is 0.629. The maximum absolute atomic E-state index is 15.0. The lowest BCUT2D eigenvalue weighted by molar-refractivity contribution is 0.100. The molecule has 0 aliphatic heterocycles. The molecule has 0 saturated heterocycles. The van der Waals surface area contributed by atoms with Gasteiger partial charge in [-0.15, -0.1) is 4.91 Å². The zero-order valence-electron chi connectivity index (χ0n) is 16.6. The number of fused-ring (bicyclic) bond motifs is 1. The minimum atomic E-state index is -0.923. The molecular formula is C24H19FN4O2. The van der Waals surface area contributed by atoms with Crippen LogP contribution in [0.1, 0.15) is 40.2 Å². The van der Waals surface area contributed by atoms with Crippen LogP contribution in [-0.4, -0.2) is 15.5 Å². The lowest BCUT2D eigenvalue weighted by atomic mass is 10.1. The Morgan fingerprint density at radius 3 is 2.71 bits per heavy atom. The molecule has 31 heavy (non-hydrogen) atoms. The Kier molecular flexibility index (Phi) is 4.78. The summed E-state index contributed by atoms with van der Waals surface area (Å²) >= 11 is 0. The fraction of sp³-hybridized carbons (Fsp3) is 0.167.